The number of thioether (sulfide) groups is 1. The van der Waals surface area contributed by atoms with Crippen LogP contribution in [0.5, 0.6) is 0 Å². The maximum Gasteiger partial charge on any atom is 0.316 e. The van der Waals surface area contributed by atoms with Gasteiger partial charge in [-0.25, -0.2) is 9.97 Å². The van der Waals surface area contributed by atoms with Gasteiger partial charge in [-0.1, -0.05) is 30.3 Å². The highest BCUT2D eigenvalue weighted by atomic mass is 35.5. The van der Waals surface area contributed by atoms with Gasteiger partial charge in [0.2, 0.25) is 0 Å². The van der Waals surface area contributed by atoms with Crippen LogP contribution in [0.3, 0.4) is 0 Å². The average Bonchev–Trinajstić information content (AvgIpc) is 2.25. The Bertz CT molecular complexity index is 360. The Hall–Kier alpha value is -0.810. The van der Waals surface area contributed by atoms with E-state index in [1.165, 1.54) is 25.2 Å². The van der Waals surface area contributed by atoms with Crippen LogP contribution in [0.25, 0.3) is 0 Å². The molecule has 0 aromatic carbocycles. The minimum absolute atomic E-state index is 0.233. The van der Waals surface area contributed by atoms with Crippen molar-refractivity contribution in [1.82, 2.24) is 9.97 Å². The smallest absolute Gasteiger partial charge is 0.316 e. The monoisotopic (exact) mass is 246 g/mol. The molecule has 0 saturated heterocycles. The first-order valence-electron chi connectivity index (χ1n) is 4.38. The molecule has 4 nitrogen and oxygen atoms in total. The van der Waals surface area contributed by atoms with Crippen LogP contribution in [-0.2, 0) is 16.0 Å². The normalized spacial score (nSPS) is 10.1. The molecular formula is C9H11ClN2O2S. The molecule has 0 saturated carbocycles. The summed E-state index contributed by atoms with van der Waals surface area (Å²) in [7, 11) is 1.36. The number of ether oxygens (including phenoxy) is 1. The van der Waals surface area contributed by atoms with Crippen molar-refractivity contribution in [2.75, 3.05) is 12.9 Å². The predicted octanol–water partition coefficient (Wildman–Crippen LogP) is 1.96. The SMILES string of the molecule is CCc1c(Cl)ncnc1SCC(=O)OC. The molecule has 0 unspecified atom stereocenters. The van der Waals surface area contributed by atoms with Gasteiger partial charge < -0.3 is 4.74 Å². The van der Waals surface area contributed by atoms with Gasteiger partial charge in [-0.15, -0.1) is 0 Å². The number of halogens is 1. The molecule has 0 spiro atoms. The number of hydrogen-bond donors (Lipinski definition) is 0. The van der Waals surface area contributed by atoms with Crippen LogP contribution in [0.15, 0.2) is 11.4 Å². The second-order valence-corrected chi connectivity index (χ2v) is 3.99. The van der Waals surface area contributed by atoms with E-state index in [1.807, 2.05) is 6.92 Å². The van der Waals surface area contributed by atoms with E-state index in [0.717, 1.165) is 17.0 Å². The molecule has 0 aliphatic heterocycles. The van der Waals surface area contributed by atoms with E-state index < -0.39 is 0 Å². The Kier molecular flexibility index (Phi) is 4.84. The van der Waals surface area contributed by atoms with Crippen molar-refractivity contribution < 1.29 is 9.53 Å². The third-order valence-corrected chi connectivity index (χ3v) is 3.09. The minimum Gasteiger partial charge on any atom is -0.468 e. The van der Waals surface area contributed by atoms with E-state index in [-0.39, 0.29) is 11.7 Å². The lowest BCUT2D eigenvalue weighted by atomic mass is 10.3. The molecule has 0 bridgehead atoms. The summed E-state index contributed by atoms with van der Waals surface area (Å²) in [5, 5.41) is 1.18. The van der Waals surface area contributed by atoms with E-state index in [2.05, 4.69) is 14.7 Å². The zero-order chi connectivity index (χ0) is 11.3. The summed E-state index contributed by atoms with van der Waals surface area (Å²) in [6, 6.07) is 0. The van der Waals surface area contributed by atoms with Crippen LogP contribution in [-0.4, -0.2) is 28.8 Å². The number of carbonyl (C=O) groups excluding carboxylic acids is 1. The number of aromatic nitrogens is 2. The molecule has 1 aromatic rings. The fourth-order valence-corrected chi connectivity index (χ4v) is 2.22. The molecule has 0 aliphatic carbocycles. The van der Waals surface area contributed by atoms with Crippen molar-refractivity contribution in [3.8, 4) is 0 Å². The Morgan fingerprint density at radius 1 is 1.60 bits per heavy atom. The molecule has 0 atom stereocenters. The topological polar surface area (TPSA) is 52.1 Å². The Labute approximate surface area is 97.4 Å². The molecule has 1 rings (SSSR count). The van der Waals surface area contributed by atoms with Crippen LogP contribution >= 0.6 is 23.4 Å². The first-order chi connectivity index (χ1) is 7.19. The Morgan fingerprint density at radius 2 is 2.33 bits per heavy atom. The fourth-order valence-electron chi connectivity index (χ4n) is 0.984. The summed E-state index contributed by atoms with van der Waals surface area (Å²) in [5.74, 6) is -0.0478. The predicted molar refractivity (Wildman–Crippen MR) is 59.2 cm³/mol. The molecule has 1 aromatic heterocycles. The van der Waals surface area contributed by atoms with Crippen molar-refractivity contribution in [3.63, 3.8) is 0 Å². The summed E-state index contributed by atoms with van der Waals surface area (Å²) in [6.45, 7) is 1.97. The maximum atomic E-state index is 11.0. The number of nitrogens with zero attached hydrogens (tertiary/aromatic N) is 2. The van der Waals surface area contributed by atoms with Crippen molar-refractivity contribution in [3.05, 3.63) is 17.0 Å². The highest BCUT2D eigenvalue weighted by Gasteiger charge is 2.10. The third kappa shape index (κ3) is 3.35. The van der Waals surface area contributed by atoms with Crippen molar-refractivity contribution >= 4 is 29.3 Å². The summed E-state index contributed by atoms with van der Waals surface area (Å²) < 4.78 is 4.54. The highest BCUT2D eigenvalue weighted by Crippen LogP contribution is 2.24. The van der Waals surface area contributed by atoms with Gasteiger partial charge in [0.05, 0.1) is 12.9 Å². The molecule has 6 heteroatoms. The second-order valence-electron chi connectivity index (χ2n) is 2.67. The largest absolute Gasteiger partial charge is 0.468 e. The summed E-state index contributed by atoms with van der Waals surface area (Å²) in [5.41, 5.74) is 0.869. The number of hydrogen-bond acceptors (Lipinski definition) is 5. The van der Waals surface area contributed by atoms with Crippen LogP contribution < -0.4 is 0 Å². The first kappa shape index (κ1) is 12.3. The van der Waals surface area contributed by atoms with E-state index >= 15 is 0 Å². The quantitative estimate of drug-likeness (QED) is 0.462. The lowest BCUT2D eigenvalue weighted by molar-refractivity contribution is -0.137. The second kappa shape index (κ2) is 5.92. The van der Waals surface area contributed by atoms with Crippen molar-refractivity contribution in [2.24, 2.45) is 0 Å². The number of rotatable bonds is 4. The molecule has 15 heavy (non-hydrogen) atoms. The lowest BCUT2D eigenvalue weighted by Gasteiger charge is -2.06. The molecule has 1 heterocycles. The van der Waals surface area contributed by atoms with Crippen LogP contribution in [0.1, 0.15) is 12.5 Å². The third-order valence-electron chi connectivity index (χ3n) is 1.76. The van der Waals surface area contributed by atoms with Gasteiger partial charge in [-0.2, -0.15) is 0 Å². The van der Waals surface area contributed by atoms with E-state index in [1.54, 1.807) is 0 Å². The zero-order valence-corrected chi connectivity index (χ0v) is 10.1. The molecule has 82 valence electrons. The molecule has 0 fully saturated rings. The van der Waals surface area contributed by atoms with Gasteiger partial charge >= 0.3 is 5.97 Å². The van der Waals surface area contributed by atoms with Gasteiger partial charge in [0.1, 0.15) is 16.5 Å². The number of esters is 1. The van der Waals surface area contributed by atoms with E-state index in [4.69, 9.17) is 11.6 Å². The van der Waals surface area contributed by atoms with Crippen molar-refractivity contribution in [2.45, 2.75) is 18.4 Å². The fraction of sp³-hybridized carbons (Fsp3) is 0.444. The van der Waals surface area contributed by atoms with Crippen molar-refractivity contribution in [1.29, 1.82) is 0 Å². The standard InChI is InChI=1S/C9H11ClN2O2S/c1-3-6-8(10)11-5-12-9(6)15-4-7(13)14-2/h5H,3-4H2,1-2H3. The van der Waals surface area contributed by atoms with E-state index in [0.29, 0.717) is 5.15 Å². The first-order valence-corrected chi connectivity index (χ1v) is 5.74. The number of carbonyl (C=O) groups is 1. The molecule has 0 amide bonds. The summed E-state index contributed by atoms with van der Waals surface area (Å²) >= 11 is 7.21. The molecule has 0 N–H and O–H groups in total. The van der Waals surface area contributed by atoms with Gasteiger partial charge in [-0.3, -0.25) is 4.79 Å². The lowest BCUT2D eigenvalue weighted by Crippen LogP contribution is -2.04. The van der Waals surface area contributed by atoms with Crippen LogP contribution in [0, 0.1) is 0 Å². The minimum atomic E-state index is -0.281. The molecular weight excluding hydrogens is 236 g/mol. The highest BCUT2D eigenvalue weighted by molar-refractivity contribution is 7.99. The van der Waals surface area contributed by atoms with Crippen LogP contribution in [0.4, 0.5) is 0 Å². The molecule has 0 radical (unpaired) electrons. The van der Waals surface area contributed by atoms with Gasteiger partial charge in [0, 0.05) is 5.56 Å². The number of methoxy groups -OCH3 is 1. The van der Waals surface area contributed by atoms with Gasteiger partial charge in [0.15, 0.2) is 0 Å². The average molecular weight is 247 g/mol. The molecule has 0 aliphatic rings. The zero-order valence-electron chi connectivity index (χ0n) is 8.49. The Balaban J connectivity index is 2.76. The summed E-state index contributed by atoms with van der Waals surface area (Å²) in [4.78, 5) is 18.9. The van der Waals surface area contributed by atoms with Gasteiger partial charge in [-0.05, 0) is 6.42 Å². The summed E-state index contributed by atoms with van der Waals surface area (Å²) in [6.07, 6.45) is 2.13. The van der Waals surface area contributed by atoms with E-state index in [9.17, 15) is 4.79 Å². The van der Waals surface area contributed by atoms with Gasteiger partial charge in [0.25, 0.3) is 0 Å². The maximum absolute atomic E-state index is 11.0. The van der Waals surface area contributed by atoms with Crippen LogP contribution in [0.2, 0.25) is 5.15 Å². The Morgan fingerprint density at radius 3 is 2.93 bits per heavy atom.